The van der Waals surface area contributed by atoms with Gasteiger partial charge >= 0.3 is 0 Å². The number of carboxylic acid groups (broad SMARTS) is 2. The number of aromatic carboxylic acids is 1. The largest absolute Gasteiger partial charge is 0.550 e. The molecule has 1 heterocycles. The van der Waals surface area contributed by atoms with Gasteiger partial charge in [-0.1, -0.05) is 54.7 Å². The standard InChI is InChI=1S/C17H17NO5S2/c19-14(20)8-2-1-5-9-18-15(21)13(25-17(18)24)10-11-6-3-4-7-12(11)16(22)23/h3-4,6-7,10H,1-2,5,8-9H2,(H,19,20)(H,22,23)/p-2/b13-10+. The van der Waals surface area contributed by atoms with Crippen LogP contribution in [0.4, 0.5) is 0 Å². The van der Waals surface area contributed by atoms with E-state index in [0.717, 1.165) is 11.8 Å². The third kappa shape index (κ3) is 5.14. The second-order valence-electron chi connectivity index (χ2n) is 5.39. The first-order valence-electron chi connectivity index (χ1n) is 7.65. The molecule has 0 aliphatic carbocycles. The van der Waals surface area contributed by atoms with Crippen molar-refractivity contribution in [2.24, 2.45) is 0 Å². The van der Waals surface area contributed by atoms with Crippen molar-refractivity contribution in [3.05, 3.63) is 40.3 Å². The summed E-state index contributed by atoms with van der Waals surface area (Å²) in [5, 5.41) is 21.5. The van der Waals surface area contributed by atoms with Gasteiger partial charge in [-0.2, -0.15) is 0 Å². The lowest BCUT2D eigenvalue weighted by molar-refractivity contribution is -0.305. The van der Waals surface area contributed by atoms with E-state index < -0.39 is 11.9 Å². The van der Waals surface area contributed by atoms with E-state index >= 15 is 0 Å². The molecule has 1 saturated heterocycles. The molecule has 1 aliphatic rings. The molecule has 1 aromatic carbocycles. The molecule has 6 nitrogen and oxygen atoms in total. The Morgan fingerprint density at radius 2 is 1.88 bits per heavy atom. The van der Waals surface area contributed by atoms with Gasteiger partial charge in [-0.15, -0.1) is 0 Å². The number of carboxylic acids is 2. The van der Waals surface area contributed by atoms with Crippen LogP contribution in [0.5, 0.6) is 0 Å². The molecule has 132 valence electrons. The zero-order valence-corrected chi connectivity index (χ0v) is 14.9. The van der Waals surface area contributed by atoms with Crippen molar-refractivity contribution in [3.63, 3.8) is 0 Å². The first-order valence-corrected chi connectivity index (χ1v) is 8.88. The predicted molar refractivity (Wildman–Crippen MR) is 94.1 cm³/mol. The third-order valence-electron chi connectivity index (χ3n) is 3.60. The molecule has 0 unspecified atom stereocenters. The maximum Gasteiger partial charge on any atom is 0.266 e. The number of nitrogens with zero attached hydrogens (tertiary/aromatic N) is 1. The highest BCUT2D eigenvalue weighted by Crippen LogP contribution is 2.33. The van der Waals surface area contributed by atoms with Gasteiger partial charge in [0.05, 0.1) is 10.9 Å². The number of carbonyl (C=O) groups is 3. The van der Waals surface area contributed by atoms with Gasteiger partial charge in [-0.25, -0.2) is 0 Å². The number of aliphatic carboxylic acids is 1. The zero-order valence-electron chi connectivity index (χ0n) is 13.2. The van der Waals surface area contributed by atoms with Crippen molar-refractivity contribution in [2.45, 2.75) is 25.7 Å². The van der Waals surface area contributed by atoms with Crippen LogP contribution in [0, 0.1) is 0 Å². The van der Waals surface area contributed by atoms with Crippen molar-refractivity contribution in [1.29, 1.82) is 0 Å². The van der Waals surface area contributed by atoms with Crippen molar-refractivity contribution in [1.82, 2.24) is 4.90 Å². The highest BCUT2D eigenvalue weighted by atomic mass is 32.2. The van der Waals surface area contributed by atoms with E-state index in [-0.39, 0.29) is 17.9 Å². The molecule has 2 rings (SSSR count). The number of amides is 1. The van der Waals surface area contributed by atoms with Crippen LogP contribution in [0.25, 0.3) is 6.08 Å². The number of unbranched alkanes of at least 4 members (excludes halogenated alkanes) is 2. The van der Waals surface area contributed by atoms with Crippen molar-refractivity contribution < 1.29 is 24.6 Å². The van der Waals surface area contributed by atoms with Crippen molar-refractivity contribution >= 4 is 52.2 Å². The van der Waals surface area contributed by atoms with Gasteiger partial charge in [-0.3, -0.25) is 9.69 Å². The predicted octanol–water partition coefficient (Wildman–Crippen LogP) is 0.562. The number of carbonyl (C=O) groups excluding carboxylic acids is 3. The number of thioether (sulfide) groups is 1. The minimum atomic E-state index is -1.31. The van der Waals surface area contributed by atoms with Gasteiger partial charge in [0, 0.05) is 18.1 Å². The first kappa shape index (κ1) is 19.1. The van der Waals surface area contributed by atoms with E-state index in [2.05, 4.69) is 0 Å². The molecule has 0 saturated carbocycles. The number of rotatable bonds is 8. The number of benzene rings is 1. The van der Waals surface area contributed by atoms with Crippen LogP contribution in [0.15, 0.2) is 29.2 Å². The molecule has 25 heavy (non-hydrogen) atoms. The van der Waals surface area contributed by atoms with Crippen LogP contribution in [-0.2, 0) is 9.59 Å². The summed E-state index contributed by atoms with van der Waals surface area (Å²) in [7, 11) is 0. The molecule has 0 spiro atoms. The van der Waals surface area contributed by atoms with Gasteiger partial charge in [0.25, 0.3) is 5.91 Å². The molecular weight excluding hydrogens is 362 g/mol. The summed E-state index contributed by atoms with van der Waals surface area (Å²) >= 11 is 6.33. The molecular formula is C17H15NO5S2-2. The monoisotopic (exact) mass is 377 g/mol. The lowest BCUT2D eigenvalue weighted by atomic mass is 10.1. The van der Waals surface area contributed by atoms with E-state index in [1.54, 1.807) is 18.2 Å². The SMILES string of the molecule is O=C([O-])CCCCCN1C(=O)/C(=C\c2ccccc2C(=O)[O-])SC1=S. The normalized spacial score (nSPS) is 15.8. The number of hydrogen-bond donors (Lipinski definition) is 0. The topological polar surface area (TPSA) is 101 Å². The Morgan fingerprint density at radius 3 is 2.56 bits per heavy atom. The number of thiocarbonyl (C=S) groups is 1. The van der Waals surface area contributed by atoms with E-state index in [0.29, 0.717) is 40.6 Å². The fourth-order valence-corrected chi connectivity index (χ4v) is 3.66. The molecule has 1 amide bonds. The molecule has 1 aromatic rings. The maximum absolute atomic E-state index is 12.5. The van der Waals surface area contributed by atoms with Crippen molar-refractivity contribution in [3.8, 4) is 0 Å². The van der Waals surface area contributed by atoms with Gasteiger partial charge in [0.1, 0.15) is 4.32 Å². The average molecular weight is 377 g/mol. The minimum absolute atomic E-state index is 0.00168. The van der Waals surface area contributed by atoms with Gasteiger partial charge in [0.15, 0.2) is 0 Å². The van der Waals surface area contributed by atoms with E-state index in [1.165, 1.54) is 17.0 Å². The van der Waals surface area contributed by atoms with Gasteiger partial charge in [0.2, 0.25) is 0 Å². The molecule has 1 aliphatic heterocycles. The summed E-state index contributed by atoms with van der Waals surface area (Å²) in [5.74, 6) is -2.67. The summed E-state index contributed by atoms with van der Waals surface area (Å²) in [6, 6.07) is 6.27. The quantitative estimate of drug-likeness (QED) is 0.371. The molecule has 0 aromatic heterocycles. The molecule has 8 heteroatoms. The Bertz CT molecular complexity index is 744. The number of hydrogen-bond acceptors (Lipinski definition) is 7. The average Bonchev–Trinajstić information content (AvgIpc) is 2.81. The first-order chi connectivity index (χ1) is 11.9. The Morgan fingerprint density at radius 1 is 1.16 bits per heavy atom. The molecule has 0 atom stereocenters. The smallest absolute Gasteiger partial charge is 0.266 e. The van der Waals surface area contributed by atoms with Gasteiger partial charge in [-0.05, 0) is 30.9 Å². The minimum Gasteiger partial charge on any atom is -0.550 e. The van der Waals surface area contributed by atoms with Crippen LogP contribution in [0.1, 0.15) is 41.6 Å². The maximum atomic E-state index is 12.5. The molecule has 0 bridgehead atoms. The van der Waals surface area contributed by atoms with Crippen LogP contribution >= 0.6 is 24.0 Å². The van der Waals surface area contributed by atoms with E-state index in [1.807, 2.05) is 0 Å². The Kier molecular flexibility index (Phi) is 6.72. The fourth-order valence-electron chi connectivity index (χ4n) is 2.36. The summed E-state index contributed by atoms with van der Waals surface area (Å²) in [5.41, 5.74) is 0.395. The third-order valence-corrected chi connectivity index (χ3v) is 4.98. The summed E-state index contributed by atoms with van der Waals surface area (Å²) in [6.45, 7) is 0.400. The lowest BCUT2D eigenvalue weighted by Crippen LogP contribution is -2.29. The second-order valence-corrected chi connectivity index (χ2v) is 7.07. The van der Waals surface area contributed by atoms with Crippen LogP contribution in [-0.4, -0.2) is 33.6 Å². The second kappa shape index (κ2) is 8.77. The molecule has 0 radical (unpaired) electrons. The van der Waals surface area contributed by atoms with Crippen molar-refractivity contribution in [2.75, 3.05) is 6.54 Å². The zero-order chi connectivity index (χ0) is 18.4. The fraction of sp³-hybridized carbons (Fsp3) is 0.294. The van der Waals surface area contributed by atoms with Crippen LogP contribution < -0.4 is 10.2 Å². The highest BCUT2D eigenvalue weighted by Gasteiger charge is 2.31. The van der Waals surface area contributed by atoms with Crippen LogP contribution in [0.3, 0.4) is 0 Å². The Hall–Kier alpha value is -2.19. The van der Waals surface area contributed by atoms with E-state index in [4.69, 9.17) is 12.2 Å². The summed E-state index contributed by atoms with van der Waals surface area (Å²) < 4.78 is 0.405. The van der Waals surface area contributed by atoms with Gasteiger partial charge < -0.3 is 19.8 Å². The molecule has 0 N–H and O–H groups in total. The van der Waals surface area contributed by atoms with Crippen LogP contribution in [0.2, 0.25) is 0 Å². The Labute approximate surface area is 154 Å². The summed E-state index contributed by atoms with van der Waals surface area (Å²) in [6.07, 6.45) is 3.27. The highest BCUT2D eigenvalue weighted by molar-refractivity contribution is 8.26. The lowest BCUT2D eigenvalue weighted by Gasteiger charge is -2.14. The van der Waals surface area contributed by atoms with E-state index in [9.17, 15) is 24.6 Å². The molecule has 1 fully saturated rings. The summed E-state index contributed by atoms with van der Waals surface area (Å²) in [4.78, 5) is 35.8. The Balaban J connectivity index is 2.03.